The summed E-state index contributed by atoms with van der Waals surface area (Å²) in [6.45, 7) is 3.71. The Morgan fingerprint density at radius 3 is 2.55 bits per heavy atom. The highest BCUT2D eigenvalue weighted by atomic mass is 16.5. The van der Waals surface area contributed by atoms with Crippen molar-refractivity contribution in [2.45, 2.75) is 38.5 Å². The first-order valence-electron chi connectivity index (χ1n) is 7.87. The summed E-state index contributed by atoms with van der Waals surface area (Å²) >= 11 is 0. The maximum absolute atomic E-state index is 11.8. The van der Waals surface area contributed by atoms with Gasteiger partial charge in [0.25, 0.3) is 0 Å². The van der Waals surface area contributed by atoms with Gasteiger partial charge in [0.2, 0.25) is 0 Å². The predicted octanol–water partition coefficient (Wildman–Crippen LogP) is 5.33. The number of rotatable bonds is 10. The topological polar surface area (TPSA) is 26.3 Å². The number of esters is 1. The van der Waals surface area contributed by atoms with Gasteiger partial charge in [0.15, 0.2) is 0 Å². The summed E-state index contributed by atoms with van der Waals surface area (Å²) in [7, 11) is 1.44. The second kappa shape index (κ2) is 11.6. The van der Waals surface area contributed by atoms with Gasteiger partial charge in [-0.05, 0) is 44.1 Å². The zero-order valence-electron chi connectivity index (χ0n) is 13.5. The van der Waals surface area contributed by atoms with Gasteiger partial charge in [0, 0.05) is 5.57 Å². The average molecular weight is 298 g/mol. The van der Waals surface area contributed by atoms with E-state index in [1.165, 1.54) is 12.7 Å². The lowest BCUT2D eigenvalue weighted by Crippen LogP contribution is -2.04. The molecule has 1 aromatic rings. The fourth-order valence-corrected chi connectivity index (χ4v) is 2.15. The molecule has 1 aromatic carbocycles. The van der Waals surface area contributed by atoms with Crippen molar-refractivity contribution in [3.8, 4) is 0 Å². The third kappa shape index (κ3) is 7.63. The van der Waals surface area contributed by atoms with Crippen LogP contribution < -0.4 is 0 Å². The van der Waals surface area contributed by atoms with E-state index in [0.29, 0.717) is 0 Å². The molecule has 0 radical (unpaired) electrons. The minimum absolute atomic E-state index is 0.211. The highest BCUT2D eigenvalue weighted by molar-refractivity contribution is 5.88. The summed E-state index contributed by atoms with van der Waals surface area (Å²) in [6, 6.07) is 10.2. The summed E-state index contributed by atoms with van der Waals surface area (Å²) in [5, 5.41) is 0. The number of unbranched alkanes of at least 4 members (excludes halogenated alkanes) is 3. The normalized spacial score (nSPS) is 11.6. The predicted molar refractivity (Wildman–Crippen MR) is 93.5 cm³/mol. The van der Waals surface area contributed by atoms with Crippen molar-refractivity contribution in [1.82, 2.24) is 0 Å². The van der Waals surface area contributed by atoms with Crippen LogP contribution in [0, 0.1) is 0 Å². The SMILES string of the molecule is C=CCCCC/C=C(\CC/C=C/c1ccccc1)C(=O)OC. The van der Waals surface area contributed by atoms with Gasteiger partial charge in [0.1, 0.15) is 0 Å². The molecule has 1 rings (SSSR count). The van der Waals surface area contributed by atoms with Crippen LogP contribution in [-0.2, 0) is 9.53 Å². The minimum atomic E-state index is -0.211. The molecule has 0 saturated carbocycles. The van der Waals surface area contributed by atoms with Crippen LogP contribution in [0.3, 0.4) is 0 Å². The van der Waals surface area contributed by atoms with Crippen molar-refractivity contribution in [3.63, 3.8) is 0 Å². The van der Waals surface area contributed by atoms with Crippen LogP contribution >= 0.6 is 0 Å². The smallest absolute Gasteiger partial charge is 0.333 e. The Labute approximate surface area is 134 Å². The molecule has 0 atom stereocenters. The monoisotopic (exact) mass is 298 g/mol. The number of allylic oxidation sites excluding steroid dienone is 3. The molecule has 0 aromatic heterocycles. The first kappa shape index (κ1) is 18.0. The third-order valence-electron chi connectivity index (χ3n) is 3.39. The fraction of sp³-hybridized carbons (Fsp3) is 0.350. The highest BCUT2D eigenvalue weighted by Gasteiger charge is 2.07. The van der Waals surface area contributed by atoms with Crippen molar-refractivity contribution in [3.05, 3.63) is 66.3 Å². The maximum Gasteiger partial charge on any atom is 0.333 e. The van der Waals surface area contributed by atoms with Gasteiger partial charge in [-0.25, -0.2) is 4.79 Å². The maximum atomic E-state index is 11.8. The number of methoxy groups -OCH3 is 1. The van der Waals surface area contributed by atoms with Crippen LogP contribution in [0.1, 0.15) is 44.1 Å². The number of carbonyl (C=O) groups is 1. The molecule has 0 N–H and O–H groups in total. The summed E-state index contributed by atoms with van der Waals surface area (Å²) in [6.07, 6.45) is 13.8. The lowest BCUT2D eigenvalue weighted by atomic mass is 10.1. The van der Waals surface area contributed by atoms with E-state index in [4.69, 9.17) is 4.74 Å². The van der Waals surface area contributed by atoms with Gasteiger partial charge in [0.05, 0.1) is 7.11 Å². The standard InChI is InChI=1S/C20H26O2/c1-3-4-5-6-10-16-19(20(21)22-2)17-12-11-15-18-13-8-7-9-14-18/h3,7-9,11,13-16H,1,4-6,10,12,17H2,2H3/b15-11+,19-16+. The van der Waals surface area contributed by atoms with E-state index in [0.717, 1.165) is 44.1 Å². The van der Waals surface area contributed by atoms with Gasteiger partial charge >= 0.3 is 5.97 Å². The van der Waals surface area contributed by atoms with E-state index >= 15 is 0 Å². The molecule has 0 fully saturated rings. The summed E-state index contributed by atoms with van der Waals surface area (Å²) < 4.78 is 4.86. The van der Waals surface area contributed by atoms with Crippen molar-refractivity contribution >= 4 is 12.0 Å². The molecule has 0 unspecified atom stereocenters. The molecule has 0 aliphatic carbocycles. The Bertz CT molecular complexity index is 498. The second-order valence-electron chi connectivity index (χ2n) is 5.15. The van der Waals surface area contributed by atoms with E-state index < -0.39 is 0 Å². The van der Waals surface area contributed by atoms with Crippen molar-refractivity contribution in [2.24, 2.45) is 0 Å². The summed E-state index contributed by atoms with van der Waals surface area (Å²) in [5.41, 5.74) is 1.95. The van der Waals surface area contributed by atoms with Gasteiger partial charge < -0.3 is 4.74 Å². The molecule has 0 aliphatic heterocycles. The molecular formula is C20H26O2. The van der Waals surface area contributed by atoms with E-state index in [2.05, 4.69) is 30.9 Å². The van der Waals surface area contributed by atoms with Crippen molar-refractivity contribution in [1.29, 1.82) is 0 Å². The van der Waals surface area contributed by atoms with Crippen molar-refractivity contribution < 1.29 is 9.53 Å². The Morgan fingerprint density at radius 1 is 1.14 bits per heavy atom. The largest absolute Gasteiger partial charge is 0.466 e. The van der Waals surface area contributed by atoms with Gasteiger partial charge in [-0.3, -0.25) is 0 Å². The van der Waals surface area contributed by atoms with E-state index in [-0.39, 0.29) is 5.97 Å². The van der Waals surface area contributed by atoms with Crippen molar-refractivity contribution in [2.75, 3.05) is 7.11 Å². The molecule has 118 valence electrons. The lowest BCUT2D eigenvalue weighted by Gasteiger charge is -2.04. The number of carbonyl (C=O) groups excluding carboxylic acids is 1. The molecule has 2 heteroatoms. The Balaban J connectivity index is 2.44. The minimum Gasteiger partial charge on any atom is -0.466 e. The second-order valence-corrected chi connectivity index (χ2v) is 5.15. The first-order valence-corrected chi connectivity index (χ1v) is 7.87. The molecule has 0 amide bonds. The van der Waals surface area contributed by atoms with Crippen LogP contribution in [0.15, 0.2) is 60.7 Å². The Kier molecular flexibility index (Phi) is 9.43. The molecule has 0 aliphatic rings. The molecule has 22 heavy (non-hydrogen) atoms. The van der Waals surface area contributed by atoms with Crippen LogP contribution in [0.2, 0.25) is 0 Å². The lowest BCUT2D eigenvalue weighted by molar-refractivity contribution is -0.136. The number of hydrogen-bond acceptors (Lipinski definition) is 2. The van der Waals surface area contributed by atoms with E-state index in [9.17, 15) is 4.79 Å². The highest BCUT2D eigenvalue weighted by Crippen LogP contribution is 2.12. The van der Waals surface area contributed by atoms with E-state index in [1.54, 1.807) is 0 Å². The molecule has 0 bridgehead atoms. The number of hydrogen-bond donors (Lipinski definition) is 0. The molecular weight excluding hydrogens is 272 g/mol. The fourth-order valence-electron chi connectivity index (χ4n) is 2.15. The summed E-state index contributed by atoms with van der Waals surface area (Å²) in [5.74, 6) is -0.211. The average Bonchev–Trinajstić information content (AvgIpc) is 2.56. The third-order valence-corrected chi connectivity index (χ3v) is 3.39. The van der Waals surface area contributed by atoms with E-state index in [1.807, 2.05) is 30.4 Å². The zero-order valence-corrected chi connectivity index (χ0v) is 13.5. The molecule has 0 saturated heterocycles. The number of benzene rings is 1. The Morgan fingerprint density at radius 2 is 1.86 bits per heavy atom. The van der Waals surface area contributed by atoms with Crippen LogP contribution in [0.5, 0.6) is 0 Å². The Hall–Kier alpha value is -2.09. The zero-order chi connectivity index (χ0) is 16.0. The molecule has 0 spiro atoms. The van der Waals surface area contributed by atoms with Crippen LogP contribution in [0.25, 0.3) is 6.08 Å². The number of ether oxygens (including phenoxy) is 1. The van der Waals surface area contributed by atoms with Gasteiger partial charge in [-0.15, -0.1) is 6.58 Å². The van der Waals surface area contributed by atoms with Gasteiger partial charge in [-0.1, -0.05) is 54.6 Å². The van der Waals surface area contributed by atoms with Crippen LogP contribution in [-0.4, -0.2) is 13.1 Å². The molecule has 2 nitrogen and oxygen atoms in total. The molecule has 0 heterocycles. The van der Waals surface area contributed by atoms with Crippen LogP contribution in [0.4, 0.5) is 0 Å². The quantitative estimate of drug-likeness (QED) is 0.253. The first-order chi connectivity index (χ1) is 10.8. The van der Waals surface area contributed by atoms with Gasteiger partial charge in [-0.2, -0.15) is 0 Å². The summed E-state index contributed by atoms with van der Waals surface area (Å²) in [4.78, 5) is 11.8.